The number of hydrogen-bond donors (Lipinski definition) is 1. The van der Waals surface area contributed by atoms with Gasteiger partial charge in [-0.05, 0) is 74.8 Å². The zero-order chi connectivity index (χ0) is 23.2. The molecule has 176 valence electrons. The minimum Gasteiger partial charge on any atom is -0.454 e. The lowest BCUT2D eigenvalue weighted by Gasteiger charge is -2.30. The molecule has 2 aliphatic heterocycles. The summed E-state index contributed by atoms with van der Waals surface area (Å²) < 4.78 is 13.8. The van der Waals surface area contributed by atoms with E-state index in [1.54, 1.807) is 0 Å². The van der Waals surface area contributed by atoms with E-state index in [0.717, 1.165) is 22.9 Å². The Kier molecular flexibility index (Phi) is 5.44. The molecule has 4 heterocycles. The fourth-order valence-electron chi connectivity index (χ4n) is 5.99. The van der Waals surface area contributed by atoms with Gasteiger partial charge in [0.15, 0.2) is 16.6 Å². The molecule has 6 rings (SSSR count). The molecule has 6 nitrogen and oxygen atoms in total. The molecule has 34 heavy (non-hydrogen) atoms. The molecule has 0 spiro atoms. The van der Waals surface area contributed by atoms with E-state index in [-0.39, 0.29) is 18.9 Å². The van der Waals surface area contributed by atoms with Gasteiger partial charge in [0.2, 0.25) is 6.79 Å². The van der Waals surface area contributed by atoms with Gasteiger partial charge in [0, 0.05) is 35.4 Å². The van der Waals surface area contributed by atoms with E-state index in [1.165, 1.54) is 49.1 Å². The van der Waals surface area contributed by atoms with E-state index < -0.39 is 0 Å². The molecule has 0 bridgehead atoms. The van der Waals surface area contributed by atoms with Gasteiger partial charge >= 0.3 is 0 Å². The molecule has 0 radical (unpaired) electrons. The third-order valence-corrected chi connectivity index (χ3v) is 7.83. The quantitative estimate of drug-likeness (QED) is 0.475. The molecule has 1 aromatic carbocycles. The highest BCUT2D eigenvalue weighted by atomic mass is 32.1. The van der Waals surface area contributed by atoms with Crippen molar-refractivity contribution in [3.8, 4) is 11.5 Å². The molecule has 1 saturated heterocycles. The Bertz CT molecular complexity index is 1220. The molecule has 2 fully saturated rings. The van der Waals surface area contributed by atoms with Crippen LogP contribution in [-0.4, -0.2) is 21.5 Å². The first kappa shape index (κ1) is 21.5. The van der Waals surface area contributed by atoms with Gasteiger partial charge in [-0.2, -0.15) is 0 Å². The second-order valence-electron chi connectivity index (χ2n) is 9.52. The van der Waals surface area contributed by atoms with Crippen molar-refractivity contribution in [1.29, 1.82) is 0 Å². The maximum absolute atomic E-state index is 5.92. The number of aromatic nitrogens is 2. The van der Waals surface area contributed by atoms with Crippen LogP contribution in [0.3, 0.4) is 0 Å². The third-order valence-electron chi connectivity index (χ3n) is 7.51. The van der Waals surface area contributed by atoms with Gasteiger partial charge in [-0.3, -0.25) is 4.98 Å². The summed E-state index contributed by atoms with van der Waals surface area (Å²) in [7, 11) is 0. The van der Waals surface area contributed by atoms with Gasteiger partial charge in [-0.15, -0.1) is 0 Å². The molecule has 2 aromatic heterocycles. The standard InChI is InChI=1S/C27H30N4O2S/c1-17-14-21(18(2)30(17)19-8-4-3-5-9-19)26-25(22-10-6-7-13-28-22)29-27(34)31(26)20-11-12-23-24(15-20)33-16-32-23/h6-7,10-15,19,25-26H,3-5,8-9,16H2,1-2H3,(H,29,34)/t25-,26+/m0/s1. The average molecular weight is 475 g/mol. The Morgan fingerprint density at radius 2 is 1.82 bits per heavy atom. The molecule has 0 unspecified atom stereocenters. The number of nitrogens with zero attached hydrogens (tertiary/aromatic N) is 3. The highest BCUT2D eigenvalue weighted by molar-refractivity contribution is 7.80. The monoisotopic (exact) mass is 474 g/mol. The van der Waals surface area contributed by atoms with Gasteiger partial charge in [-0.25, -0.2) is 0 Å². The van der Waals surface area contributed by atoms with Gasteiger partial charge in [0.25, 0.3) is 0 Å². The van der Waals surface area contributed by atoms with Gasteiger partial charge in [-0.1, -0.05) is 25.3 Å². The maximum Gasteiger partial charge on any atom is 0.231 e. The van der Waals surface area contributed by atoms with Crippen molar-refractivity contribution in [3.63, 3.8) is 0 Å². The minimum atomic E-state index is -0.0561. The van der Waals surface area contributed by atoms with Crippen LogP contribution in [0.25, 0.3) is 0 Å². The molecular weight excluding hydrogens is 444 g/mol. The number of benzene rings is 1. The zero-order valence-corrected chi connectivity index (χ0v) is 20.5. The van der Waals surface area contributed by atoms with Crippen LogP contribution in [0.1, 0.15) is 72.9 Å². The summed E-state index contributed by atoms with van der Waals surface area (Å²) in [6.07, 6.45) is 8.34. The van der Waals surface area contributed by atoms with E-state index in [2.05, 4.69) is 46.8 Å². The molecule has 7 heteroatoms. The lowest BCUT2D eigenvalue weighted by Crippen LogP contribution is -2.29. The summed E-state index contributed by atoms with van der Waals surface area (Å²) in [5, 5.41) is 4.28. The molecule has 1 N–H and O–H groups in total. The third kappa shape index (κ3) is 3.54. The SMILES string of the molecule is Cc1cc([C@@H]2[C@H](c3ccccn3)NC(=S)N2c2ccc3c(c2)OCO3)c(C)n1C1CCCCC1. The maximum atomic E-state index is 5.92. The van der Waals surface area contributed by atoms with Crippen LogP contribution in [0.2, 0.25) is 0 Å². The molecule has 1 saturated carbocycles. The van der Waals surface area contributed by atoms with E-state index >= 15 is 0 Å². The number of nitrogens with one attached hydrogen (secondary N) is 1. The number of pyridine rings is 1. The van der Waals surface area contributed by atoms with Crippen molar-refractivity contribution in [3.05, 3.63) is 71.3 Å². The summed E-state index contributed by atoms with van der Waals surface area (Å²) in [6.45, 7) is 4.77. The highest BCUT2D eigenvalue weighted by Crippen LogP contribution is 2.46. The predicted octanol–water partition coefficient (Wildman–Crippen LogP) is 5.91. The number of fused-ring (bicyclic) bond motifs is 1. The lowest BCUT2D eigenvalue weighted by atomic mass is 9.94. The second kappa shape index (κ2) is 8.62. The number of thiocarbonyl (C=S) groups is 1. The van der Waals surface area contributed by atoms with Crippen molar-refractivity contribution in [2.75, 3.05) is 11.7 Å². The molecule has 0 amide bonds. The fraction of sp³-hybridized carbons (Fsp3) is 0.407. The van der Waals surface area contributed by atoms with E-state index in [4.69, 9.17) is 26.7 Å². The Morgan fingerprint density at radius 3 is 2.62 bits per heavy atom. The first-order valence-corrected chi connectivity index (χ1v) is 12.6. The van der Waals surface area contributed by atoms with Crippen LogP contribution >= 0.6 is 12.2 Å². The zero-order valence-electron chi connectivity index (χ0n) is 19.7. The van der Waals surface area contributed by atoms with Crippen LogP contribution in [0.15, 0.2) is 48.7 Å². The smallest absolute Gasteiger partial charge is 0.231 e. The average Bonchev–Trinajstić information content (AvgIpc) is 3.54. The van der Waals surface area contributed by atoms with Gasteiger partial charge in [0.05, 0.1) is 17.8 Å². The number of aryl methyl sites for hydroxylation is 1. The van der Waals surface area contributed by atoms with Gasteiger partial charge in [0.1, 0.15) is 0 Å². The van der Waals surface area contributed by atoms with Crippen LogP contribution in [0.5, 0.6) is 11.5 Å². The van der Waals surface area contributed by atoms with Crippen LogP contribution in [0.4, 0.5) is 5.69 Å². The first-order chi connectivity index (χ1) is 16.6. The largest absolute Gasteiger partial charge is 0.454 e. The number of hydrogen-bond acceptors (Lipinski definition) is 4. The van der Waals surface area contributed by atoms with Crippen molar-refractivity contribution in [2.24, 2.45) is 0 Å². The minimum absolute atomic E-state index is 0.0219. The first-order valence-electron chi connectivity index (χ1n) is 12.2. The summed E-state index contributed by atoms with van der Waals surface area (Å²) in [5.74, 6) is 1.53. The normalized spacial score (nSPS) is 22.3. The number of ether oxygens (including phenoxy) is 2. The summed E-state index contributed by atoms with van der Waals surface area (Å²) >= 11 is 5.92. The molecule has 3 aromatic rings. The Morgan fingerprint density at radius 1 is 1.00 bits per heavy atom. The Balaban J connectivity index is 1.47. The molecule has 2 atom stereocenters. The molecular formula is C27H30N4O2S. The Hall–Kier alpha value is -3.06. The van der Waals surface area contributed by atoms with Gasteiger partial charge < -0.3 is 24.3 Å². The summed E-state index contributed by atoms with van der Waals surface area (Å²) in [5.41, 5.74) is 5.92. The van der Waals surface area contributed by atoms with E-state index in [1.807, 2.05) is 30.5 Å². The predicted molar refractivity (Wildman–Crippen MR) is 137 cm³/mol. The van der Waals surface area contributed by atoms with Crippen molar-refractivity contribution < 1.29 is 9.47 Å². The molecule has 3 aliphatic rings. The number of rotatable bonds is 4. The van der Waals surface area contributed by atoms with Crippen molar-refractivity contribution >= 4 is 23.0 Å². The summed E-state index contributed by atoms with van der Waals surface area (Å²) in [4.78, 5) is 6.93. The second-order valence-corrected chi connectivity index (χ2v) is 9.91. The summed E-state index contributed by atoms with van der Waals surface area (Å²) in [6, 6.07) is 15.0. The van der Waals surface area contributed by atoms with E-state index in [0.29, 0.717) is 11.2 Å². The van der Waals surface area contributed by atoms with E-state index in [9.17, 15) is 0 Å². The Labute approximate surface area is 205 Å². The topological polar surface area (TPSA) is 51.6 Å². The van der Waals surface area contributed by atoms with Crippen molar-refractivity contribution in [2.45, 2.75) is 64.1 Å². The van der Waals surface area contributed by atoms with Crippen LogP contribution in [-0.2, 0) is 0 Å². The van der Waals surface area contributed by atoms with Crippen molar-refractivity contribution in [1.82, 2.24) is 14.9 Å². The molecule has 1 aliphatic carbocycles. The highest BCUT2D eigenvalue weighted by Gasteiger charge is 2.43. The fourth-order valence-corrected chi connectivity index (χ4v) is 6.33. The van der Waals surface area contributed by atoms with Crippen LogP contribution in [0, 0.1) is 13.8 Å². The lowest BCUT2D eigenvalue weighted by molar-refractivity contribution is 0.174. The van der Waals surface area contributed by atoms with Crippen LogP contribution < -0.4 is 19.7 Å². The number of anilines is 1.